The van der Waals surface area contributed by atoms with Crippen molar-refractivity contribution in [2.75, 3.05) is 0 Å². The van der Waals surface area contributed by atoms with Crippen molar-refractivity contribution < 1.29 is 9.47 Å². The molecule has 0 bridgehead atoms. The molecule has 0 spiro atoms. The number of ether oxygens (including phenoxy) is 2. The summed E-state index contributed by atoms with van der Waals surface area (Å²) in [4.78, 5) is 0. The second-order valence-corrected chi connectivity index (χ2v) is 18.0. The van der Waals surface area contributed by atoms with E-state index in [1.165, 1.54) is 32.3 Å². The third kappa shape index (κ3) is 8.51. The van der Waals surface area contributed by atoms with Gasteiger partial charge in [0.1, 0.15) is 0 Å². The molecule has 1 heterocycles. The Morgan fingerprint density at radius 1 is 0.420 bits per heavy atom. The van der Waals surface area contributed by atoms with Gasteiger partial charge in [-0.15, -0.1) is 0 Å². The number of hydrogen-bond acceptors (Lipinski definition) is 2. The van der Waals surface area contributed by atoms with E-state index in [2.05, 4.69) is 196 Å². The fraction of sp³-hybridized carbons (Fsp3) is 0.217. The maximum atomic E-state index is 7.26. The highest BCUT2D eigenvalue weighted by atomic mass is 31.1. The second-order valence-electron chi connectivity index (χ2n) is 13.2. The molecule has 0 saturated carbocycles. The van der Waals surface area contributed by atoms with Crippen LogP contribution in [0.25, 0.3) is 0 Å². The molecule has 1 fully saturated rings. The fourth-order valence-corrected chi connectivity index (χ4v) is 13.2. The third-order valence-electron chi connectivity index (χ3n) is 9.30. The van der Waals surface area contributed by atoms with Crippen molar-refractivity contribution in [3.05, 3.63) is 193 Å². The van der Waals surface area contributed by atoms with Gasteiger partial charge in [-0.2, -0.15) is 0 Å². The monoisotopic (exact) mass is 694 g/mol. The van der Waals surface area contributed by atoms with E-state index in [0.717, 1.165) is 12.8 Å². The Morgan fingerprint density at radius 2 is 0.660 bits per heavy atom. The molecule has 254 valence electrons. The minimum Gasteiger partial charge on any atom is -0.344 e. The van der Waals surface area contributed by atoms with Gasteiger partial charge in [0.2, 0.25) is 0 Å². The molecular formula is C46H48O2P2. The summed E-state index contributed by atoms with van der Waals surface area (Å²) in [6.45, 7) is 4.22. The van der Waals surface area contributed by atoms with Gasteiger partial charge in [0.15, 0.2) is 5.79 Å². The maximum absolute atomic E-state index is 7.26. The van der Waals surface area contributed by atoms with Gasteiger partial charge in [-0.3, -0.25) is 0 Å². The van der Waals surface area contributed by atoms with Crippen molar-refractivity contribution in [2.24, 2.45) is 0 Å². The van der Waals surface area contributed by atoms with Crippen molar-refractivity contribution in [3.63, 3.8) is 0 Å². The molecule has 1 aliphatic rings. The van der Waals surface area contributed by atoms with E-state index < -0.39 is 21.6 Å². The molecule has 1 aliphatic heterocycles. The summed E-state index contributed by atoms with van der Waals surface area (Å²) in [5.74, 6) is -0.734. The Balaban J connectivity index is 0.00000432. The van der Waals surface area contributed by atoms with Crippen LogP contribution in [0.4, 0.5) is 0 Å². The van der Waals surface area contributed by atoms with Crippen molar-refractivity contribution in [1.82, 2.24) is 0 Å². The lowest BCUT2D eigenvalue weighted by Gasteiger charge is -2.39. The van der Waals surface area contributed by atoms with Gasteiger partial charge in [-0.25, -0.2) is 0 Å². The Hall–Kier alpha value is -3.90. The van der Waals surface area contributed by atoms with Crippen LogP contribution in [-0.2, 0) is 22.3 Å². The van der Waals surface area contributed by atoms with Crippen LogP contribution in [0.15, 0.2) is 182 Å². The summed E-state index contributed by atoms with van der Waals surface area (Å²) in [5, 5.41) is 5.46. The molecule has 6 aromatic carbocycles. The molecule has 50 heavy (non-hydrogen) atoms. The summed E-state index contributed by atoms with van der Waals surface area (Å²) in [7, 11) is -1.65. The zero-order valence-corrected chi connectivity index (χ0v) is 30.0. The highest BCUT2D eigenvalue weighted by Gasteiger charge is 2.52. The highest BCUT2D eigenvalue weighted by Crippen LogP contribution is 2.53. The second kappa shape index (κ2) is 16.9. The molecule has 0 amide bonds. The smallest absolute Gasteiger partial charge is 0.163 e. The van der Waals surface area contributed by atoms with Gasteiger partial charge in [0.25, 0.3) is 0 Å². The molecule has 2 nitrogen and oxygen atoms in total. The normalized spacial score (nSPS) is 18.0. The molecule has 1 saturated heterocycles. The SMILES string of the molecule is C.CC1(C)O[C@H]([C@@H](Cc2ccccc2)P(c2ccccc2)c2ccccc2)[C@@H]([C@@H](Cc2ccccc2)P(c2ccccc2)c2ccccc2)O1. The summed E-state index contributed by atoms with van der Waals surface area (Å²) in [6.07, 6.45) is 1.49. The molecule has 4 atom stereocenters. The van der Waals surface area contributed by atoms with Crippen molar-refractivity contribution in [2.45, 2.75) is 63.4 Å². The van der Waals surface area contributed by atoms with Crippen LogP contribution in [0.1, 0.15) is 32.4 Å². The van der Waals surface area contributed by atoms with Crippen LogP contribution < -0.4 is 21.2 Å². The predicted molar refractivity (Wildman–Crippen MR) is 217 cm³/mol. The largest absolute Gasteiger partial charge is 0.344 e. The zero-order chi connectivity index (χ0) is 33.5. The standard InChI is InChI=1S/C45H44O2P2.CH4/c1-45(2)46-43(41(33-35-21-9-3-10-22-35)48(37-25-13-5-14-26-37)38-27-15-6-16-28-38)44(47-45)42(34-36-23-11-4-12-24-36)49(39-29-17-7-18-30-39)40-31-19-8-20-32-40;/h3-32,41-44H,33-34H2,1-2H3;1H4/t41-,42-,43-,44-;/m1./s1. The van der Waals surface area contributed by atoms with E-state index in [9.17, 15) is 0 Å². The van der Waals surface area contributed by atoms with Crippen LogP contribution in [0.3, 0.4) is 0 Å². The number of benzene rings is 6. The van der Waals surface area contributed by atoms with E-state index in [1.807, 2.05) is 0 Å². The lowest BCUT2D eigenvalue weighted by atomic mass is 9.97. The van der Waals surface area contributed by atoms with Gasteiger partial charge >= 0.3 is 0 Å². The van der Waals surface area contributed by atoms with Crippen molar-refractivity contribution in [1.29, 1.82) is 0 Å². The highest BCUT2D eigenvalue weighted by molar-refractivity contribution is 7.74. The van der Waals surface area contributed by atoms with E-state index >= 15 is 0 Å². The molecule has 4 heteroatoms. The topological polar surface area (TPSA) is 18.5 Å². The lowest BCUT2D eigenvalue weighted by molar-refractivity contribution is -0.146. The first kappa shape index (κ1) is 35.9. The lowest BCUT2D eigenvalue weighted by Crippen LogP contribution is -2.46. The first-order valence-corrected chi connectivity index (χ1v) is 20.1. The average molecular weight is 695 g/mol. The summed E-state index contributed by atoms with van der Waals surface area (Å²) < 4.78 is 14.5. The molecule has 0 aliphatic carbocycles. The van der Waals surface area contributed by atoms with Crippen LogP contribution in [-0.4, -0.2) is 29.3 Å². The van der Waals surface area contributed by atoms with Crippen LogP contribution in [0.2, 0.25) is 0 Å². The summed E-state index contributed by atoms with van der Waals surface area (Å²) in [5.41, 5.74) is 2.98. The predicted octanol–water partition coefficient (Wildman–Crippen LogP) is 9.63. The Bertz CT molecular complexity index is 1640. The van der Waals surface area contributed by atoms with Gasteiger partial charge in [-0.1, -0.05) is 189 Å². The summed E-state index contributed by atoms with van der Waals surface area (Å²) in [6, 6.07) is 66.4. The molecule has 0 radical (unpaired) electrons. The Kier molecular flexibility index (Phi) is 12.1. The van der Waals surface area contributed by atoms with Gasteiger partial charge in [0, 0.05) is 11.3 Å². The molecule has 6 aromatic rings. The fourth-order valence-electron chi connectivity index (χ4n) is 7.25. The number of rotatable bonds is 12. The molecule has 0 N–H and O–H groups in total. The minimum absolute atomic E-state index is 0. The molecular weight excluding hydrogens is 646 g/mol. The van der Waals surface area contributed by atoms with Crippen LogP contribution in [0.5, 0.6) is 0 Å². The molecule has 0 aromatic heterocycles. The average Bonchev–Trinajstić information content (AvgIpc) is 3.48. The Labute approximate surface area is 302 Å². The van der Waals surface area contributed by atoms with Gasteiger partial charge in [0.05, 0.1) is 12.2 Å². The van der Waals surface area contributed by atoms with Crippen LogP contribution in [0, 0.1) is 0 Å². The third-order valence-corrected chi connectivity index (χ3v) is 15.0. The summed E-state index contributed by atoms with van der Waals surface area (Å²) >= 11 is 0. The van der Waals surface area contributed by atoms with E-state index in [1.54, 1.807) is 0 Å². The first-order valence-electron chi connectivity index (χ1n) is 17.3. The van der Waals surface area contributed by atoms with E-state index in [4.69, 9.17) is 9.47 Å². The quantitative estimate of drug-likeness (QED) is 0.119. The van der Waals surface area contributed by atoms with Gasteiger partial charge in [-0.05, 0) is 74.9 Å². The first-order chi connectivity index (χ1) is 24.1. The molecule has 0 unspecified atom stereocenters. The maximum Gasteiger partial charge on any atom is 0.163 e. The van der Waals surface area contributed by atoms with Crippen LogP contribution >= 0.6 is 15.8 Å². The van der Waals surface area contributed by atoms with E-state index in [0.29, 0.717) is 0 Å². The Morgan fingerprint density at radius 3 is 0.920 bits per heavy atom. The zero-order valence-electron chi connectivity index (χ0n) is 28.3. The van der Waals surface area contributed by atoms with Crippen molar-refractivity contribution >= 4 is 37.1 Å². The van der Waals surface area contributed by atoms with Crippen molar-refractivity contribution in [3.8, 4) is 0 Å². The molecule has 7 rings (SSSR count). The number of hydrogen-bond donors (Lipinski definition) is 0. The van der Waals surface area contributed by atoms with Gasteiger partial charge < -0.3 is 9.47 Å². The minimum atomic E-state index is -0.827. The van der Waals surface area contributed by atoms with E-state index in [-0.39, 0.29) is 31.0 Å².